The second-order valence-corrected chi connectivity index (χ2v) is 7.09. The van der Waals surface area contributed by atoms with E-state index < -0.39 is 0 Å². The SMILES string of the molecule is CN=C(NCC1(c2cccc(Cl)c2)CCOCC1)N(C)Cc1ccon1. The predicted octanol–water partition coefficient (Wildman–Crippen LogP) is 3.08. The Labute approximate surface area is 159 Å². The van der Waals surface area contributed by atoms with E-state index in [1.165, 1.54) is 5.56 Å². The Bertz CT molecular complexity index is 727. The van der Waals surface area contributed by atoms with E-state index in [4.69, 9.17) is 20.9 Å². The third-order valence-corrected chi connectivity index (χ3v) is 5.17. The first-order chi connectivity index (χ1) is 12.6. The summed E-state index contributed by atoms with van der Waals surface area (Å²) in [6.45, 7) is 2.90. The van der Waals surface area contributed by atoms with Crippen LogP contribution in [0.1, 0.15) is 24.1 Å². The molecule has 0 unspecified atom stereocenters. The third-order valence-electron chi connectivity index (χ3n) is 4.94. The third kappa shape index (κ3) is 4.37. The molecule has 2 heterocycles. The molecule has 1 aliphatic heterocycles. The first kappa shape index (κ1) is 18.7. The van der Waals surface area contributed by atoms with Crippen LogP contribution >= 0.6 is 11.6 Å². The number of ether oxygens (including phenoxy) is 1. The fourth-order valence-electron chi connectivity index (χ4n) is 3.42. The van der Waals surface area contributed by atoms with Gasteiger partial charge in [-0.15, -0.1) is 0 Å². The molecule has 1 N–H and O–H groups in total. The zero-order valence-corrected chi connectivity index (χ0v) is 16.0. The number of hydrogen-bond acceptors (Lipinski definition) is 4. The Balaban J connectivity index is 1.72. The lowest BCUT2D eigenvalue weighted by Crippen LogP contribution is -2.48. The first-order valence-electron chi connectivity index (χ1n) is 8.78. The number of halogens is 1. The molecule has 0 bridgehead atoms. The summed E-state index contributed by atoms with van der Waals surface area (Å²) in [6, 6.07) is 10.0. The Morgan fingerprint density at radius 3 is 2.81 bits per heavy atom. The van der Waals surface area contributed by atoms with Crippen molar-refractivity contribution in [2.24, 2.45) is 4.99 Å². The summed E-state index contributed by atoms with van der Waals surface area (Å²) in [5.41, 5.74) is 2.09. The van der Waals surface area contributed by atoms with Crippen LogP contribution in [0.4, 0.5) is 0 Å². The lowest BCUT2D eigenvalue weighted by Gasteiger charge is -2.39. The molecule has 0 radical (unpaired) electrons. The molecular formula is C19H25ClN4O2. The Kier molecular flexibility index (Phi) is 6.16. The van der Waals surface area contributed by atoms with Crippen molar-refractivity contribution in [3.8, 4) is 0 Å². The lowest BCUT2D eigenvalue weighted by molar-refractivity contribution is 0.0512. The highest BCUT2D eigenvalue weighted by molar-refractivity contribution is 6.30. The van der Waals surface area contributed by atoms with Crippen molar-refractivity contribution in [3.05, 3.63) is 52.9 Å². The summed E-state index contributed by atoms with van der Waals surface area (Å²) < 4.78 is 10.5. The van der Waals surface area contributed by atoms with E-state index >= 15 is 0 Å². The molecule has 0 aliphatic carbocycles. The minimum absolute atomic E-state index is 0.0200. The second kappa shape index (κ2) is 8.56. The molecule has 1 saturated heterocycles. The van der Waals surface area contributed by atoms with Crippen LogP contribution in [0.3, 0.4) is 0 Å². The Hall–Kier alpha value is -2.05. The molecule has 140 valence electrons. The van der Waals surface area contributed by atoms with Crippen LogP contribution in [0.2, 0.25) is 5.02 Å². The van der Waals surface area contributed by atoms with Gasteiger partial charge in [0.05, 0.1) is 6.54 Å². The van der Waals surface area contributed by atoms with Crippen LogP contribution in [0.15, 0.2) is 46.1 Å². The number of aromatic nitrogens is 1. The maximum Gasteiger partial charge on any atom is 0.193 e. The normalized spacial score (nSPS) is 17.1. The topological polar surface area (TPSA) is 62.9 Å². The van der Waals surface area contributed by atoms with Gasteiger partial charge in [-0.25, -0.2) is 0 Å². The van der Waals surface area contributed by atoms with Crippen LogP contribution in [0, 0.1) is 0 Å². The van der Waals surface area contributed by atoms with Crippen molar-refractivity contribution in [3.63, 3.8) is 0 Å². The molecular weight excluding hydrogens is 352 g/mol. The van der Waals surface area contributed by atoms with Crippen molar-refractivity contribution in [2.75, 3.05) is 33.9 Å². The van der Waals surface area contributed by atoms with Gasteiger partial charge in [0.1, 0.15) is 12.0 Å². The van der Waals surface area contributed by atoms with Gasteiger partial charge in [-0.2, -0.15) is 0 Å². The quantitative estimate of drug-likeness (QED) is 0.641. The largest absolute Gasteiger partial charge is 0.381 e. The average molecular weight is 377 g/mol. The van der Waals surface area contributed by atoms with E-state index in [1.54, 1.807) is 13.3 Å². The van der Waals surface area contributed by atoms with Gasteiger partial charge in [-0.05, 0) is 30.5 Å². The van der Waals surface area contributed by atoms with E-state index in [0.717, 1.165) is 49.3 Å². The monoisotopic (exact) mass is 376 g/mol. The van der Waals surface area contributed by atoms with Crippen molar-refractivity contribution in [2.45, 2.75) is 24.8 Å². The van der Waals surface area contributed by atoms with Crippen LogP contribution < -0.4 is 5.32 Å². The minimum Gasteiger partial charge on any atom is -0.381 e. The standard InChI is InChI=1S/C19H25ClN4O2/c1-21-18(24(2)13-17-6-9-26-23-17)22-14-19(7-10-25-11-8-19)15-4-3-5-16(20)12-15/h3-6,9,12H,7-8,10-11,13-14H2,1-2H3,(H,21,22). The smallest absolute Gasteiger partial charge is 0.193 e. The average Bonchev–Trinajstić information content (AvgIpc) is 3.16. The number of nitrogens with zero attached hydrogens (tertiary/aromatic N) is 3. The van der Waals surface area contributed by atoms with Crippen molar-refractivity contribution < 1.29 is 9.26 Å². The van der Waals surface area contributed by atoms with E-state index in [-0.39, 0.29) is 5.41 Å². The second-order valence-electron chi connectivity index (χ2n) is 6.65. The molecule has 1 fully saturated rings. The van der Waals surface area contributed by atoms with Gasteiger partial charge in [0, 0.05) is 50.4 Å². The summed E-state index contributed by atoms with van der Waals surface area (Å²) in [5, 5.41) is 8.26. The first-order valence-corrected chi connectivity index (χ1v) is 9.16. The summed E-state index contributed by atoms with van der Waals surface area (Å²) in [7, 11) is 3.78. The van der Waals surface area contributed by atoms with Gasteiger partial charge in [-0.1, -0.05) is 28.9 Å². The molecule has 3 rings (SSSR count). The number of hydrogen-bond donors (Lipinski definition) is 1. The molecule has 26 heavy (non-hydrogen) atoms. The molecule has 1 aliphatic rings. The van der Waals surface area contributed by atoms with E-state index in [1.807, 2.05) is 30.1 Å². The van der Waals surface area contributed by atoms with Crippen molar-refractivity contribution in [1.82, 2.24) is 15.4 Å². The molecule has 1 aromatic carbocycles. The number of benzene rings is 1. The number of nitrogens with one attached hydrogen (secondary N) is 1. The van der Waals surface area contributed by atoms with Crippen LogP contribution in [0.5, 0.6) is 0 Å². The van der Waals surface area contributed by atoms with E-state index in [9.17, 15) is 0 Å². The molecule has 0 atom stereocenters. The summed E-state index contributed by atoms with van der Waals surface area (Å²) in [5.74, 6) is 0.820. The van der Waals surface area contributed by atoms with Gasteiger partial charge in [-0.3, -0.25) is 4.99 Å². The van der Waals surface area contributed by atoms with Gasteiger partial charge < -0.3 is 19.5 Å². The Morgan fingerprint density at radius 1 is 1.35 bits per heavy atom. The van der Waals surface area contributed by atoms with Crippen LogP contribution in [0.25, 0.3) is 0 Å². The summed E-state index contributed by atoms with van der Waals surface area (Å²) >= 11 is 6.25. The minimum atomic E-state index is -0.0200. The highest BCUT2D eigenvalue weighted by atomic mass is 35.5. The Morgan fingerprint density at radius 2 is 2.15 bits per heavy atom. The van der Waals surface area contributed by atoms with Crippen molar-refractivity contribution in [1.29, 1.82) is 0 Å². The fourth-order valence-corrected chi connectivity index (χ4v) is 3.61. The summed E-state index contributed by atoms with van der Waals surface area (Å²) in [6.07, 6.45) is 3.48. The zero-order valence-electron chi connectivity index (χ0n) is 15.2. The molecule has 0 spiro atoms. The fraction of sp³-hybridized carbons (Fsp3) is 0.474. The number of aliphatic imine (C=N–C) groups is 1. The van der Waals surface area contributed by atoms with Crippen molar-refractivity contribution >= 4 is 17.6 Å². The molecule has 6 nitrogen and oxygen atoms in total. The summed E-state index contributed by atoms with van der Waals surface area (Å²) in [4.78, 5) is 6.44. The highest BCUT2D eigenvalue weighted by Gasteiger charge is 2.35. The molecule has 0 saturated carbocycles. The van der Waals surface area contributed by atoms with Gasteiger partial charge in [0.25, 0.3) is 0 Å². The highest BCUT2D eigenvalue weighted by Crippen LogP contribution is 2.35. The molecule has 2 aromatic rings. The number of rotatable bonds is 5. The molecule has 0 amide bonds. The maximum absolute atomic E-state index is 6.25. The van der Waals surface area contributed by atoms with Gasteiger partial charge in [0.2, 0.25) is 0 Å². The lowest BCUT2D eigenvalue weighted by atomic mass is 9.74. The van der Waals surface area contributed by atoms with Crippen LogP contribution in [-0.4, -0.2) is 49.9 Å². The number of guanidine groups is 1. The maximum atomic E-state index is 6.25. The molecule has 7 heteroatoms. The van der Waals surface area contributed by atoms with E-state index in [0.29, 0.717) is 6.54 Å². The van der Waals surface area contributed by atoms with Crippen LogP contribution in [-0.2, 0) is 16.7 Å². The van der Waals surface area contributed by atoms with Gasteiger partial charge >= 0.3 is 0 Å². The predicted molar refractivity (Wildman–Crippen MR) is 103 cm³/mol. The van der Waals surface area contributed by atoms with Gasteiger partial charge in [0.15, 0.2) is 5.96 Å². The zero-order chi connectivity index (χ0) is 18.4. The van der Waals surface area contributed by atoms with E-state index in [2.05, 4.69) is 27.6 Å². The molecule has 1 aromatic heterocycles.